The van der Waals surface area contributed by atoms with Crippen molar-refractivity contribution in [3.05, 3.63) is 34.3 Å². The van der Waals surface area contributed by atoms with Gasteiger partial charge in [0, 0.05) is 10.0 Å². The van der Waals surface area contributed by atoms with Gasteiger partial charge in [-0.1, -0.05) is 28.1 Å². The van der Waals surface area contributed by atoms with Gasteiger partial charge in [-0.25, -0.2) is 0 Å². The number of halogens is 1. The van der Waals surface area contributed by atoms with Crippen LogP contribution >= 0.6 is 15.9 Å². The second-order valence-corrected chi connectivity index (χ2v) is 7.47. The maximum Gasteiger partial charge on any atom is 0.0175 e. The molecule has 1 fully saturated rings. The van der Waals surface area contributed by atoms with Crippen LogP contribution in [-0.2, 0) is 6.42 Å². The normalized spacial score (nSPS) is 17.8. The fourth-order valence-electron chi connectivity index (χ4n) is 2.33. The second-order valence-electron chi connectivity index (χ2n) is 6.56. The second kappa shape index (κ2) is 5.75. The molecule has 1 aromatic rings. The molecule has 1 saturated carbocycles. The molecule has 1 atom stereocenters. The highest BCUT2D eigenvalue weighted by Gasteiger charge is 2.31. The first-order valence-electron chi connectivity index (χ1n) is 6.93. The third-order valence-corrected chi connectivity index (χ3v) is 4.12. The molecular weight excluding hydrogens is 286 g/mol. The van der Waals surface area contributed by atoms with Crippen molar-refractivity contribution in [2.24, 2.45) is 11.8 Å². The van der Waals surface area contributed by atoms with Gasteiger partial charge in [0.15, 0.2) is 0 Å². The molecule has 0 aromatic heterocycles. The van der Waals surface area contributed by atoms with Crippen molar-refractivity contribution in [2.45, 2.75) is 45.6 Å². The Balaban J connectivity index is 1.92. The van der Waals surface area contributed by atoms with Crippen LogP contribution in [0.2, 0.25) is 0 Å². The molecule has 0 radical (unpaired) electrons. The summed E-state index contributed by atoms with van der Waals surface area (Å²) in [6.45, 7) is 7.88. The average molecular weight is 310 g/mol. The van der Waals surface area contributed by atoms with Crippen LogP contribution in [0.5, 0.6) is 0 Å². The smallest absolute Gasteiger partial charge is 0.0175 e. The fraction of sp³-hybridized carbons (Fsp3) is 0.625. The maximum absolute atomic E-state index is 3.67. The molecule has 1 nitrogen and oxygen atoms in total. The average Bonchev–Trinajstić information content (AvgIpc) is 3.09. The van der Waals surface area contributed by atoms with Crippen molar-refractivity contribution in [3.63, 3.8) is 0 Å². The van der Waals surface area contributed by atoms with Gasteiger partial charge in [-0.05, 0) is 76.1 Å². The summed E-state index contributed by atoms with van der Waals surface area (Å²) in [5.41, 5.74) is 1.69. The van der Waals surface area contributed by atoms with Gasteiger partial charge in [-0.2, -0.15) is 0 Å². The van der Waals surface area contributed by atoms with E-state index in [1.165, 1.54) is 29.3 Å². The zero-order chi connectivity index (χ0) is 13.2. The lowest BCUT2D eigenvalue weighted by atomic mass is 9.93. The molecule has 1 aliphatic rings. The lowest BCUT2D eigenvalue weighted by Crippen LogP contribution is -2.40. The Morgan fingerprint density at radius 1 is 1.22 bits per heavy atom. The summed E-state index contributed by atoms with van der Waals surface area (Å²) in [6, 6.07) is 8.79. The first-order valence-corrected chi connectivity index (χ1v) is 7.73. The minimum Gasteiger partial charge on any atom is -0.312 e. The summed E-state index contributed by atoms with van der Waals surface area (Å²) in [5.74, 6) is 1.74. The van der Waals surface area contributed by atoms with E-state index in [0.717, 1.165) is 18.4 Å². The van der Waals surface area contributed by atoms with Crippen LogP contribution in [0, 0.1) is 11.8 Å². The summed E-state index contributed by atoms with van der Waals surface area (Å²) in [7, 11) is 0. The van der Waals surface area contributed by atoms with Crippen molar-refractivity contribution in [2.75, 3.05) is 6.54 Å². The lowest BCUT2D eigenvalue weighted by molar-refractivity contribution is 0.346. The molecule has 0 saturated heterocycles. The predicted molar refractivity (Wildman–Crippen MR) is 81.8 cm³/mol. The largest absolute Gasteiger partial charge is 0.312 e. The number of rotatable bonds is 5. The molecule has 0 heterocycles. The molecule has 1 aromatic carbocycles. The SMILES string of the molecule is CC(C)(C)NCC(Cc1ccc(Br)cc1)C1CC1. The van der Waals surface area contributed by atoms with E-state index in [9.17, 15) is 0 Å². The molecule has 0 spiro atoms. The number of hydrogen-bond donors (Lipinski definition) is 1. The van der Waals surface area contributed by atoms with Gasteiger partial charge in [0.05, 0.1) is 0 Å². The molecule has 1 unspecified atom stereocenters. The molecule has 2 rings (SSSR count). The van der Waals surface area contributed by atoms with E-state index in [0.29, 0.717) is 0 Å². The minimum absolute atomic E-state index is 0.229. The molecular formula is C16H24BrN. The molecule has 0 amide bonds. The Kier molecular flexibility index (Phi) is 4.50. The first-order chi connectivity index (χ1) is 8.44. The molecule has 100 valence electrons. The van der Waals surface area contributed by atoms with E-state index in [2.05, 4.69) is 66.3 Å². The summed E-state index contributed by atoms with van der Waals surface area (Å²) in [6.07, 6.45) is 4.06. The highest BCUT2D eigenvalue weighted by atomic mass is 79.9. The van der Waals surface area contributed by atoms with Crippen LogP contribution in [-0.4, -0.2) is 12.1 Å². The van der Waals surface area contributed by atoms with Crippen LogP contribution in [0.1, 0.15) is 39.2 Å². The highest BCUT2D eigenvalue weighted by molar-refractivity contribution is 9.10. The molecule has 18 heavy (non-hydrogen) atoms. The van der Waals surface area contributed by atoms with E-state index in [1.54, 1.807) is 0 Å². The Morgan fingerprint density at radius 3 is 2.33 bits per heavy atom. The third kappa shape index (κ3) is 4.74. The third-order valence-electron chi connectivity index (χ3n) is 3.59. The van der Waals surface area contributed by atoms with Crippen molar-refractivity contribution in [1.29, 1.82) is 0 Å². The highest BCUT2D eigenvalue weighted by Crippen LogP contribution is 2.38. The van der Waals surface area contributed by atoms with Crippen molar-refractivity contribution in [3.8, 4) is 0 Å². The van der Waals surface area contributed by atoms with E-state index >= 15 is 0 Å². The first kappa shape index (κ1) is 14.1. The monoisotopic (exact) mass is 309 g/mol. The van der Waals surface area contributed by atoms with Crippen LogP contribution in [0.4, 0.5) is 0 Å². The van der Waals surface area contributed by atoms with Crippen LogP contribution in [0.25, 0.3) is 0 Å². The Labute approximate surface area is 119 Å². The van der Waals surface area contributed by atoms with E-state index < -0.39 is 0 Å². The van der Waals surface area contributed by atoms with Crippen LogP contribution in [0.3, 0.4) is 0 Å². The van der Waals surface area contributed by atoms with Gasteiger partial charge < -0.3 is 5.32 Å². The molecule has 1 aliphatic carbocycles. The standard InChI is InChI=1S/C16H24BrN/c1-16(2,3)18-11-14(13-6-7-13)10-12-4-8-15(17)9-5-12/h4-5,8-9,13-14,18H,6-7,10-11H2,1-3H3. The van der Waals surface area contributed by atoms with Gasteiger partial charge in [-0.15, -0.1) is 0 Å². The van der Waals surface area contributed by atoms with Crippen molar-refractivity contribution < 1.29 is 0 Å². The summed E-state index contributed by atoms with van der Waals surface area (Å²) in [4.78, 5) is 0. The minimum atomic E-state index is 0.229. The molecule has 0 bridgehead atoms. The number of hydrogen-bond acceptors (Lipinski definition) is 1. The Bertz CT molecular complexity index is 373. The van der Waals surface area contributed by atoms with Gasteiger partial charge in [0.2, 0.25) is 0 Å². The zero-order valence-corrected chi connectivity index (χ0v) is 13.3. The summed E-state index contributed by atoms with van der Waals surface area (Å²) in [5, 5.41) is 3.67. The van der Waals surface area contributed by atoms with Crippen LogP contribution in [0.15, 0.2) is 28.7 Å². The maximum atomic E-state index is 3.67. The van der Waals surface area contributed by atoms with E-state index in [-0.39, 0.29) is 5.54 Å². The molecule has 0 aliphatic heterocycles. The lowest BCUT2D eigenvalue weighted by Gasteiger charge is -2.25. The molecule has 1 N–H and O–H groups in total. The van der Waals surface area contributed by atoms with Gasteiger partial charge in [-0.3, -0.25) is 0 Å². The molecule has 2 heteroatoms. The van der Waals surface area contributed by atoms with E-state index in [4.69, 9.17) is 0 Å². The Hall–Kier alpha value is -0.340. The Morgan fingerprint density at radius 2 is 1.83 bits per heavy atom. The zero-order valence-electron chi connectivity index (χ0n) is 11.7. The van der Waals surface area contributed by atoms with Crippen molar-refractivity contribution >= 4 is 15.9 Å². The predicted octanol–water partition coefficient (Wildman–Crippen LogP) is 4.41. The van der Waals surface area contributed by atoms with Gasteiger partial charge >= 0.3 is 0 Å². The summed E-state index contributed by atoms with van der Waals surface area (Å²) < 4.78 is 1.17. The number of benzene rings is 1. The van der Waals surface area contributed by atoms with Gasteiger partial charge in [0.25, 0.3) is 0 Å². The topological polar surface area (TPSA) is 12.0 Å². The quantitative estimate of drug-likeness (QED) is 0.849. The van der Waals surface area contributed by atoms with E-state index in [1.807, 2.05) is 0 Å². The summed E-state index contributed by atoms with van der Waals surface area (Å²) >= 11 is 3.50. The fourth-order valence-corrected chi connectivity index (χ4v) is 2.60. The number of nitrogens with one attached hydrogen (secondary N) is 1. The van der Waals surface area contributed by atoms with Gasteiger partial charge in [0.1, 0.15) is 0 Å². The van der Waals surface area contributed by atoms with Crippen molar-refractivity contribution in [1.82, 2.24) is 5.32 Å². The van der Waals surface area contributed by atoms with Crippen LogP contribution < -0.4 is 5.32 Å².